The SMILES string of the molecule is CCCC(C)(N)C(=O)N(C)Cc1cccc(C(F)(F)F)c1. The Kier molecular flexibility index (Phi) is 5.39. The molecule has 1 amide bonds. The highest BCUT2D eigenvalue weighted by atomic mass is 19.4. The van der Waals surface area contributed by atoms with Crippen LogP contribution in [-0.2, 0) is 17.5 Å². The quantitative estimate of drug-likeness (QED) is 0.908. The van der Waals surface area contributed by atoms with E-state index in [4.69, 9.17) is 5.73 Å². The lowest BCUT2D eigenvalue weighted by molar-refractivity contribution is -0.137. The van der Waals surface area contributed by atoms with Gasteiger partial charge in [-0.3, -0.25) is 4.79 Å². The molecule has 0 saturated carbocycles. The van der Waals surface area contributed by atoms with Crippen molar-refractivity contribution in [3.05, 3.63) is 35.4 Å². The first-order valence-corrected chi connectivity index (χ1v) is 6.78. The molecule has 0 aliphatic carbocycles. The van der Waals surface area contributed by atoms with Gasteiger partial charge in [-0.15, -0.1) is 0 Å². The highest BCUT2D eigenvalue weighted by Crippen LogP contribution is 2.29. The molecule has 1 rings (SSSR count). The van der Waals surface area contributed by atoms with E-state index in [2.05, 4.69) is 0 Å². The van der Waals surface area contributed by atoms with Crippen LogP contribution in [0.1, 0.15) is 37.8 Å². The summed E-state index contributed by atoms with van der Waals surface area (Å²) in [5, 5.41) is 0. The Bertz CT molecular complexity index is 498. The number of nitrogens with two attached hydrogens (primary N) is 1. The monoisotopic (exact) mass is 302 g/mol. The van der Waals surface area contributed by atoms with E-state index in [9.17, 15) is 18.0 Å². The van der Waals surface area contributed by atoms with E-state index in [1.54, 1.807) is 20.0 Å². The van der Waals surface area contributed by atoms with E-state index in [1.165, 1.54) is 11.0 Å². The van der Waals surface area contributed by atoms with Crippen molar-refractivity contribution in [2.75, 3.05) is 7.05 Å². The molecule has 0 radical (unpaired) electrons. The molecule has 2 N–H and O–H groups in total. The van der Waals surface area contributed by atoms with Gasteiger partial charge in [0, 0.05) is 13.6 Å². The number of carbonyl (C=O) groups excluding carboxylic acids is 1. The number of rotatable bonds is 5. The van der Waals surface area contributed by atoms with Crippen molar-refractivity contribution in [1.29, 1.82) is 0 Å². The van der Waals surface area contributed by atoms with Crippen LogP contribution in [0.4, 0.5) is 13.2 Å². The van der Waals surface area contributed by atoms with Crippen molar-refractivity contribution in [3.8, 4) is 0 Å². The van der Waals surface area contributed by atoms with Crippen LogP contribution in [0.5, 0.6) is 0 Å². The Morgan fingerprint density at radius 1 is 1.33 bits per heavy atom. The van der Waals surface area contributed by atoms with Crippen molar-refractivity contribution >= 4 is 5.91 Å². The van der Waals surface area contributed by atoms with Gasteiger partial charge in [0.2, 0.25) is 5.91 Å². The molecule has 0 bridgehead atoms. The predicted molar refractivity (Wildman–Crippen MR) is 75.4 cm³/mol. The molecule has 1 aromatic rings. The smallest absolute Gasteiger partial charge is 0.340 e. The Labute approximate surface area is 122 Å². The van der Waals surface area contributed by atoms with Crippen LogP contribution >= 0.6 is 0 Å². The molecule has 1 aromatic carbocycles. The van der Waals surface area contributed by atoms with E-state index < -0.39 is 17.3 Å². The van der Waals surface area contributed by atoms with E-state index in [-0.39, 0.29) is 12.5 Å². The molecular weight excluding hydrogens is 281 g/mol. The largest absolute Gasteiger partial charge is 0.416 e. The number of benzene rings is 1. The van der Waals surface area contributed by atoms with Gasteiger partial charge in [-0.25, -0.2) is 0 Å². The van der Waals surface area contributed by atoms with Crippen molar-refractivity contribution in [2.45, 2.75) is 44.9 Å². The molecule has 0 aliphatic heterocycles. The molecule has 118 valence electrons. The first-order chi connectivity index (χ1) is 9.58. The molecule has 3 nitrogen and oxygen atoms in total. The van der Waals surface area contributed by atoms with Crippen LogP contribution in [0.2, 0.25) is 0 Å². The summed E-state index contributed by atoms with van der Waals surface area (Å²) >= 11 is 0. The number of hydrogen-bond donors (Lipinski definition) is 1. The summed E-state index contributed by atoms with van der Waals surface area (Å²) in [4.78, 5) is 13.6. The molecule has 0 aromatic heterocycles. The Morgan fingerprint density at radius 3 is 2.48 bits per heavy atom. The van der Waals surface area contributed by atoms with Crippen LogP contribution in [0.25, 0.3) is 0 Å². The summed E-state index contributed by atoms with van der Waals surface area (Å²) in [6, 6.07) is 4.96. The van der Waals surface area contributed by atoms with Crippen molar-refractivity contribution in [1.82, 2.24) is 4.90 Å². The van der Waals surface area contributed by atoms with E-state index >= 15 is 0 Å². The number of alkyl halides is 3. The molecule has 6 heteroatoms. The number of amides is 1. The zero-order chi connectivity index (χ0) is 16.3. The molecule has 1 atom stereocenters. The second-order valence-electron chi connectivity index (χ2n) is 5.53. The van der Waals surface area contributed by atoms with Gasteiger partial charge >= 0.3 is 6.18 Å². The van der Waals surface area contributed by atoms with Crippen LogP contribution in [0, 0.1) is 0 Å². The number of halogens is 3. The van der Waals surface area contributed by atoms with Crippen LogP contribution in [0.3, 0.4) is 0 Å². The Hall–Kier alpha value is -1.56. The lowest BCUT2D eigenvalue weighted by Gasteiger charge is -2.29. The number of hydrogen-bond acceptors (Lipinski definition) is 2. The van der Waals surface area contributed by atoms with Crippen molar-refractivity contribution in [3.63, 3.8) is 0 Å². The number of nitrogens with zero attached hydrogens (tertiary/aromatic N) is 1. The summed E-state index contributed by atoms with van der Waals surface area (Å²) in [5.74, 6) is -0.276. The molecule has 0 fully saturated rings. The topological polar surface area (TPSA) is 46.3 Å². The van der Waals surface area contributed by atoms with Gasteiger partial charge in [-0.1, -0.05) is 25.5 Å². The van der Waals surface area contributed by atoms with Gasteiger partial charge in [-0.05, 0) is 31.0 Å². The summed E-state index contributed by atoms with van der Waals surface area (Å²) < 4.78 is 38.0. The standard InChI is InChI=1S/C15H21F3N2O/c1-4-8-14(2,19)13(21)20(3)10-11-6-5-7-12(9-11)15(16,17)18/h5-7,9H,4,8,10,19H2,1-3H3. The summed E-state index contributed by atoms with van der Waals surface area (Å²) in [7, 11) is 1.55. The Morgan fingerprint density at radius 2 is 1.95 bits per heavy atom. The lowest BCUT2D eigenvalue weighted by Crippen LogP contribution is -2.51. The third kappa shape index (κ3) is 4.74. The lowest BCUT2D eigenvalue weighted by atomic mass is 9.95. The van der Waals surface area contributed by atoms with Crippen LogP contribution in [-0.4, -0.2) is 23.4 Å². The van der Waals surface area contributed by atoms with Gasteiger partial charge in [0.25, 0.3) is 0 Å². The second kappa shape index (κ2) is 6.47. The van der Waals surface area contributed by atoms with Gasteiger partial charge in [0.05, 0.1) is 11.1 Å². The third-order valence-electron chi connectivity index (χ3n) is 3.28. The van der Waals surface area contributed by atoms with Gasteiger partial charge in [0.1, 0.15) is 0 Å². The Balaban J connectivity index is 2.84. The summed E-state index contributed by atoms with van der Waals surface area (Å²) in [6.07, 6.45) is -3.10. The minimum absolute atomic E-state index is 0.0965. The minimum Gasteiger partial charge on any atom is -0.340 e. The van der Waals surface area contributed by atoms with E-state index in [0.717, 1.165) is 18.6 Å². The zero-order valence-corrected chi connectivity index (χ0v) is 12.5. The first kappa shape index (κ1) is 17.5. The minimum atomic E-state index is -4.39. The molecule has 1 unspecified atom stereocenters. The molecule has 0 saturated heterocycles. The number of likely N-dealkylation sites (N-methyl/N-ethyl adjacent to an activating group) is 1. The maximum Gasteiger partial charge on any atom is 0.416 e. The van der Waals surface area contributed by atoms with E-state index in [1.807, 2.05) is 6.92 Å². The third-order valence-corrected chi connectivity index (χ3v) is 3.28. The van der Waals surface area contributed by atoms with Crippen LogP contribution < -0.4 is 5.73 Å². The van der Waals surface area contributed by atoms with Crippen molar-refractivity contribution < 1.29 is 18.0 Å². The number of carbonyl (C=O) groups is 1. The average Bonchev–Trinajstić information content (AvgIpc) is 2.37. The summed E-state index contributed by atoms with van der Waals surface area (Å²) in [5.41, 5.74) is 4.66. The zero-order valence-electron chi connectivity index (χ0n) is 12.5. The summed E-state index contributed by atoms with van der Waals surface area (Å²) in [6.45, 7) is 3.66. The fourth-order valence-corrected chi connectivity index (χ4v) is 2.25. The second-order valence-corrected chi connectivity index (χ2v) is 5.53. The normalized spacial score (nSPS) is 14.6. The average molecular weight is 302 g/mol. The molecule has 21 heavy (non-hydrogen) atoms. The molecular formula is C15H21F3N2O. The fraction of sp³-hybridized carbons (Fsp3) is 0.533. The predicted octanol–water partition coefficient (Wildman–Crippen LogP) is 3.18. The highest BCUT2D eigenvalue weighted by Gasteiger charge is 2.32. The maximum atomic E-state index is 12.7. The van der Waals surface area contributed by atoms with Crippen LogP contribution in [0.15, 0.2) is 24.3 Å². The van der Waals surface area contributed by atoms with Gasteiger partial charge < -0.3 is 10.6 Å². The van der Waals surface area contributed by atoms with Gasteiger partial charge in [0.15, 0.2) is 0 Å². The maximum absolute atomic E-state index is 12.7. The van der Waals surface area contributed by atoms with Crippen molar-refractivity contribution in [2.24, 2.45) is 5.73 Å². The molecule has 0 spiro atoms. The molecule has 0 heterocycles. The first-order valence-electron chi connectivity index (χ1n) is 6.78. The highest BCUT2D eigenvalue weighted by molar-refractivity contribution is 5.85. The van der Waals surface area contributed by atoms with Gasteiger partial charge in [-0.2, -0.15) is 13.2 Å². The fourth-order valence-electron chi connectivity index (χ4n) is 2.25. The van der Waals surface area contributed by atoms with E-state index in [0.29, 0.717) is 12.0 Å². The molecule has 0 aliphatic rings.